The number of hydrogen-bond donors (Lipinski definition) is 2. The Hall–Kier alpha value is -2.30. The lowest BCUT2D eigenvalue weighted by Gasteiger charge is -2.09. The Morgan fingerprint density at radius 1 is 1.42 bits per heavy atom. The highest BCUT2D eigenvalue weighted by Crippen LogP contribution is 2.25. The van der Waals surface area contributed by atoms with Crippen LogP contribution in [0.4, 0.5) is 5.82 Å². The molecule has 5 heteroatoms. The van der Waals surface area contributed by atoms with Gasteiger partial charge in [0.2, 0.25) is 0 Å². The molecule has 0 aliphatic rings. The number of rotatable bonds is 6. The molecule has 0 spiro atoms. The lowest BCUT2D eigenvalue weighted by atomic mass is 10.1. The lowest BCUT2D eigenvalue weighted by molar-refractivity contribution is -0.137. The highest BCUT2D eigenvalue weighted by molar-refractivity contribution is 5.92. The average Bonchev–Trinajstić information content (AvgIpc) is 2.42. The van der Waals surface area contributed by atoms with Gasteiger partial charge in [0.15, 0.2) is 0 Å². The summed E-state index contributed by atoms with van der Waals surface area (Å²) in [5.74, 6) is 0.790. The van der Waals surface area contributed by atoms with Crippen molar-refractivity contribution < 1.29 is 14.6 Å². The molecule has 1 aromatic heterocycles. The van der Waals surface area contributed by atoms with Crippen LogP contribution in [0, 0.1) is 0 Å². The van der Waals surface area contributed by atoms with E-state index in [1.54, 1.807) is 13.3 Å². The molecule has 0 atom stereocenters. The van der Waals surface area contributed by atoms with Gasteiger partial charge in [0.05, 0.1) is 7.11 Å². The van der Waals surface area contributed by atoms with Gasteiger partial charge in [-0.25, -0.2) is 4.98 Å². The number of methoxy groups -OCH3 is 1. The van der Waals surface area contributed by atoms with Gasteiger partial charge in [0, 0.05) is 24.5 Å². The van der Waals surface area contributed by atoms with E-state index in [1.807, 2.05) is 24.3 Å². The van der Waals surface area contributed by atoms with Crippen LogP contribution in [0.2, 0.25) is 0 Å². The first-order chi connectivity index (χ1) is 9.20. The van der Waals surface area contributed by atoms with E-state index in [9.17, 15) is 4.79 Å². The van der Waals surface area contributed by atoms with E-state index >= 15 is 0 Å². The molecule has 0 radical (unpaired) electrons. The third-order valence-electron chi connectivity index (χ3n) is 2.83. The lowest BCUT2D eigenvalue weighted by Crippen LogP contribution is -2.06. The number of anilines is 1. The summed E-state index contributed by atoms with van der Waals surface area (Å²) in [5.41, 5.74) is 0. The standard InChI is InChI=1S/C14H16N2O3/c1-19-11-4-5-12-10(9-11)6-8-16-14(12)15-7-2-3-13(17)18/h4-6,8-9H,2-3,7H2,1H3,(H,15,16)(H,17,18). The number of nitrogens with one attached hydrogen (secondary N) is 1. The molecule has 2 aromatic rings. The highest BCUT2D eigenvalue weighted by atomic mass is 16.5. The molecular weight excluding hydrogens is 244 g/mol. The summed E-state index contributed by atoms with van der Waals surface area (Å²) < 4.78 is 5.18. The zero-order valence-electron chi connectivity index (χ0n) is 10.7. The van der Waals surface area contributed by atoms with Crippen LogP contribution < -0.4 is 10.1 Å². The summed E-state index contributed by atoms with van der Waals surface area (Å²) >= 11 is 0. The molecule has 0 saturated heterocycles. The molecule has 0 unspecified atom stereocenters. The summed E-state index contributed by atoms with van der Waals surface area (Å²) in [6, 6.07) is 7.69. The molecule has 0 saturated carbocycles. The Balaban J connectivity index is 2.12. The number of pyridine rings is 1. The minimum Gasteiger partial charge on any atom is -0.497 e. The fourth-order valence-electron chi connectivity index (χ4n) is 1.87. The van der Waals surface area contributed by atoms with E-state index in [2.05, 4.69) is 10.3 Å². The van der Waals surface area contributed by atoms with Crippen molar-refractivity contribution >= 4 is 22.6 Å². The second-order valence-electron chi connectivity index (χ2n) is 4.17. The Morgan fingerprint density at radius 2 is 2.26 bits per heavy atom. The summed E-state index contributed by atoms with van der Waals surface area (Å²) in [5, 5.41) is 13.8. The minimum absolute atomic E-state index is 0.158. The predicted octanol–water partition coefficient (Wildman–Crippen LogP) is 2.52. The number of carboxylic acid groups (broad SMARTS) is 1. The molecule has 0 aliphatic carbocycles. The molecule has 2 N–H and O–H groups in total. The molecule has 1 aromatic carbocycles. The van der Waals surface area contributed by atoms with Crippen molar-refractivity contribution in [3.05, 3.63) is 30.5 Å². The Labute approximate surface area is 111 Å². The van der Waals surface area contributed by atoms with Crippen LogP contribution in [0.1, 0.15) is 12.8 Å². The smallest absolute Gasteiger partial charge is 0.303 e. The van der Waals surface area contributed by atoms with Crippen molar-refractivity contribution in [2.24, 2.45) is 0 Å². The summed E-state index contributed by atoms with van der Waals surface area (Å²) in [6.07, 6.45) is 2.45. The van der Waals surface area contributed by atoms with Gasteiger partial charge in [-0.05, 0) is 36.1 Å². The summed E-state index contributed by atoms with van der Waals surface area (Å²) in [7, 11) is 1.63. The number of carbonyl (C=O) groups is 1. The van der Waals surface area contributed by atoms with Gasteiger partial charge in [0.25, 0.3) is 0 Å². The quantitative estimate of drug-likeness (QED) is 0.781. The van der Waals surface area contributed by atoms with E-state index in [0.717, 1.165) is 22.3 Å². The summed E-state index contributed by atoms with van der Waals surface area (Å²) in [4.78, 5) is 14.7. The van der Waals surface area contributed by atoms with E-state index in [4.69, 9.17) is 9.84 Å². The Morgan fingerprint density at radius 3 is 3.00 bits per heavy atom. The van der Waals surface area contributed by atoms with Crippen molar-refractivity contribution in [2.45, 2.75) is 12.8 Å². The Bertz CT molecular complexity index is 584. The molecule has 0 amide bonds. The number of ether oxygens (including phenoxy) is 1. The number of hydrogen-bond acceptors (Lipinski definition) is 4. The van der Waals surface area contributed by atoms with Crippen LogP contribution in [0.5, 0.6) is 5.75 Å². The van der Waals surface area contributed by atoms with Gasteiger partial charge in [-0.15, -0.1) is 0 Å². The Kier molecular flexibility index (Phi) is 4.18. The topological polar surface area (TPSA) is 71.5 Å². The van der Waals surface area contributed by atoms with Gasteiger partial charge in [-0.1, -0.05) is 0 Å². The maximum Gasteiger partial charge on any atom is 0.303 e. The van der Waals surface area contributed by atoms with E-state index in [1.165, 1.54) is 0 Å². The molecule has 19 heavy (non-hydrogen) atoms. The SMILES string of the molecule is COc1ccc2c(NCCCC(=O)O)nccc2c1. The minimum atomic E-state index is -0.780. The second-order valence-corrected chi connectivity index (χ2v) is 4.17. The van der Waals surface area contributed by atoms with Crippen LogP contribution in [-0.4, -0.2) is 29.7 Å². The number of benzene rings is 1. The maximum atomic E-state index is 10.4. The van der Waals surface area contributed by atoms with Crippen LogP contribution in [-0.2, 0) is 4.79 Å². The van der Waals surface area contributed by atoms with Gasteiger partial charge >= 0.3 is 5.97 Å². The largest absolute Gasteiger partial charge is 0.497 e. The van der Waals surface area contributed by atoms with Crippen molar-refractivity contribution in [2.75, 3.05) is 19.0 Å². The van der Waals surface area contributed by atoms with Crippen molar-refractivity contribution in [1.29, 1.82) is 0 Å². The fourth-order valence-corrected chi connectivity index (χ4v) is 1.87. The van der Waals surface area contributed by atoms with Crippen LogP contribution in [0.15, 0.2) is 30.5 Å². The second kappa shape index (κ2) is 6.04. The zero-order chi connectivity index (χ0) is 13.7. The maximum absolute atomic E-state index is 10.4. The van der Waals surface area contributed by atoms with E-state index < -0.39 is 5.97 Å². The van der Waals surface area contributed by atoms with Crippen LogP contribution in [0.3, 0.4) is 0 Å². The molecule has 5 nitrogen and oxygen atoms in total. The normalized spacial score (nSPS) is 10.4. The highest BCUT2D eigenvalue weighted by Gasteiger charge is 2.03. The first-order valence-corrected chi connectivity index (χ1v) is 6.09. The van der Waals surface area contributed by atoms with E-state index in [0.29, 0.717) is 13.0 Å². The molecule has 100 valence electrons. The third kappa shape index (κ3) is 3.34. The third-order valence-corrected chi connectivity index (χ3v) is 2.83. The monoisotopic (exact) mass is 260 g/mol. The van der Waals surface area contributed by atoms with Crippen molar-refractivity contribution in [3.8, 4) is 5.75 Å². The first kappa shape index (κ1) is 13.1. The predicted molar refractivity (Wildman–Crippen MR) is 73.7 cm³/mol. The van der Waals surface area contributed by atoms with Crippen molar-refractivity contribution in [3.63, 3.8) is 0 Å². The van der Waals surface area contributed by atoms with Gasteiger partial charge in [-0.3, -0.25) is 4.79 Å². The van der Waals surface area contributed by atoms with Gasteiger partial charge < -0.3 is 15.2 Å². The van der Waals surface area contributed by atoms with Gasteiger partial charge in [0.1, 0.15) is 11.6 Å². The zero-order valence-corrected chi connectivity index (χ0v) is 10.7. The number of aliphatic carboxylic acids is 1. The average molecular weight is 260 g/mol. The first-order valence-electron chi connectivity index (χ1n) is 6.09. The molecular formula is C14H16N2O3. The van der Waals surface area contributed by atoms with Crippen LogP contribution in [0.25, 0.3) is 10.8 Å². The molecule has 0 aliphatic heterocycles. The van der Waals surface area contributed by atoms with Gasteiger partial charge in [-0.2, -0.15) is 0 Å². The number of fused-ring (bicyclic) bond motifs is 1. The number of carboxylic acids is 1. The summed E-state index contributed by atoms with van der Waals surface area (Å²) in [6.45, 7) is 0.588. The molecule has 1 heterocycles. The fraction of sp³-hybridized carbons (Fsp3) is 0.286. The molecule has 2 rings (SSSR count). The van der Waals surface area contributed by atoms with Crippen molar-refractivity contribution in [1.82, 2.24) is 4.98 Å². The molecule has 0 bridgehead atoms. The number of aromatic nitrogens is 1. The van der Waals surface area contributed by atoms with E-state index in [-0.39, 0.29) is 6.42 Å². The van der Waals surface area contributed by atoms with Crippen LogP contribution >= 0.6 is 0 Å². The number of nitrogens with zero attached hydrogens (tertiary/aromatic N) is 1. The molecule has 0 fully saturated rings.